The van der Waals surface area contributed by atoms with Crippen LogP contribution in [0.5, 0.6) is 11.5 Å². The van der Waals surface area contributed by atoms with Crippen LogP contribution in [-0.4, -0.2) is 64.2 Å². The van der Waals surface area contributed by atoms with E-state index in [2.05, 4.69) is 45.7 Å². The minimum Gasteiger partial charge on any atom is -0.493 e. The third-order valence-corrected chi connectivity index (χ3v) is 6.97. The van der Waals surface area contributed by atoms with Gasteiger partial charge in [0, 0.05) is 37.6 Å². The number of piperidine rings is 1. The molecular formula is C27H36N4O4. The number of benzene rings is 2. The number of likely N-dealkylation sites (tertiary alicyclic amines) is 1. The van der Waals surface area contributed by atoms with E-state index in [0.717, 1.165) is 45.3 Å². The van der Waals surface area contributed by atoms with Crippen LogP contribution in [0.1, 0.15) is 42.9 Å². The molecule has 188 valence electrons. The fourth-order valence-electron chi connectivity index (χ4n) is 5.07. The topological polar surface area (TPSA) is 83.1 Å². The number of hydrogen-bond acceptors (Lipinski definition) is 6. The Morgan fingerprint density at radius 1 is 0.914 bits per heavy atom. The van der Waals surface area contributed by atoms with E-state index in [1.54, 1.807) is 25.3 Å². The summed E-state index contributed by atoms with van der Waals surface area (Å²) >= 11 is 0. The number of nitrogens with zero attached hydrogens (tertiary/aromatic N) is 2. The van der Waals surface area contributed by atoms with Crippen LogP contribution in [0.4, 0.5) is 11.4 Å². The third kappa shape index (κ3) is 5.88. The third-order valence-electron chi connectivity index (χ3n) is 6.97. The summed E-state index contributed by atoms with van der Waals surface area (Å²) in [6.45, 7) is 3.45. The molecule has 0 aromatic heterocycles. The van der Waals surface area contributed by atoms with Crippen molar-refractivity contribution < 1.29 is 19.1 Å². The SMILES string of the molecule is COc1ccc(NC(=O)C(=O)NC[C@@H](c2ccc3c(c2)CCCN3C)N2CCCCC2)cc1OC. The molecule has 0 radical (unpaired) electrons. The quantitative estimate of drug-likeness (QED) is 0.592. The molecule has 8 heteroatoms. The summed E-state index contributed by atoms with van der Waals surface area (Å²) in [5.74, 6) is -0.328. The second-order valence-corrected chi connectivity index (χ2v) is 9.26. The lowest BCUT2D eigenvalue weighted by Crippen LogP contribution is -2.43. The molecule has 0 unspecified atom stereocenters. The van der Waals surface area contributed by atoms with E-state index in [9.17, 15) is 9.59 Å². The fourth-order valence-corrected chi connectivity index (χ4v) is 5.07. The first-order chi connectivity index (χ1) is 17.0. The smallest absolute Gasteiger partial charge is 0.313 e. The van der Waals surface area contributed by atoms with Gasteiger partial charge in [-0.3, -0.25) is 14.5 Å². The summed E-state index contributed by atoms with van der Waals surface area (Å²) in [7, 11) is 5.20. The summed E-state index contributed by atoms with van der Waals surface area (Å²) in [6.07, 6.45) is 5.75. The predicted molar refractivity (Wildman–Crippen MR) is 137 cm³/mol. The molecular weight excluding hydrogens is 444 g/mol. The number of amides is 2. The molecule has 0 saturated carbocycles. The van der Waals surface area contributed by atoms with Gasteiger partial charge < -0.3 is 25.0 Å². The minimum absolute atomic E-state index is 0.0330. The average Bonchev–Trinajstić information content (AvgIpc) is 2.89. The monoisotopic (exact) mass is 480 g/mol. The summed E-state index contributed by atoms with van der Waals surface area (Å²) in [6, 6.07) is 11.7. The van der Waals surface area contributed by atoms with Crippen molar-refractivity contribution in [1.82, 2.24) is 10.2 Å². The maximum Gasteiger partial charge on any atom is 0.313 e. The zero-order chi connectivity index (χ0) is 24.8. The van der Waals surface area contributed by atoms with Crippen LogP contribution >= 0.6 is 0 Å². The second kappa shape index (κ2) is 11.4. The van der Waals surface area contributed by atoms with Crippen LogP contribution in [0, 0.1) is 0 Å². The molecule has 8 nitrogen and oxygen atoms in total. The Labute approximate surface area is 207 Å². The van der Waals surface area contributed by atoms with Gasteiger partial charge >= 0.3 is 11.8 Å². The van der Waals surface area contributed by atoms with Crippen molar-refractivity contribution in [1.29, 1.82) is 0 Å². The van der Waals surface area contributed by atoms with Gasteiger partial charge in [-0.15, -0.1) is 0 Å². The summed E-state index contributed by atoms with van der Waals surface area (Å²) < 4.78 is 10.5. The van der Waals surface area contributed by atoms with E-state index in [1.807, 2.05) is 0 Å². The lowest BCUT2D eigenvalue weighted by molar-refractivity contribution is -0.136. The largest absolute Gasteiger partial charge is 0.493 e. The van der Waals surface area contributed by atoms with Crippen LogP contribution in [0.15, 0.2) is 36.4 Å². The molecule has 35 heavy (non-hydrogen) atoms. The van der Waals surface area contributed by atoms with E-state index in [1.165, 1.54) is 30.3 Å². The second-order valence-electron chi connectivity index (χ2n) is 9.26. The summed E-state index contributed by atoms with van der Waals surface area (Å²) in [5.41, 5.74) is 4.31. The van der Waals surface area contributed by atoms with Crippen molar-refractivity contribution in [2.45, 2.75) is 38.1 Å². The summed E-state index contributed by atoms with van der Waals surface area (Å²) in [5, 5.41) is 5.53. The number of anilines is 2. The van der Waals surface area contributed by atoms with Crippen molar-refractivity contribution in [3.8, 4) is 11.5 Å². The number of hydrogen-bond donors (Lipinski definition) is 2. The maximum atomic E-state index is 12.7. The van der Waals surface area contributed by atoms with E-state index in [0.29, 0.717) is 23.7 Å². The van der Waals surface area contributed by atoms with Crippen LogP contribution in [0.3, 0.4) is 0 Å². The molecule has 2 aliphatic rings. The zero-order valence-electron chi connectivity index (χ0n) is 20.9. The molecule has 2 aromatic rings. The highest BCUT2D eigenvalue weighted by Crippen LogP contribution is 2.32. The Bertz CT molecular complexity index is 1050. The van der Waals surface area contributed by atoms with Gasteiger partial charge in [-0.25, -0.2) is 0 Å². The molecule has 2 amide bonds. The lowest BCUT2D eigenvalue weighted by Gasteiger charge is -2.36. The molecule has 2 aromatic carbocycles. The van der Waals surface area contributed by atoms with Gasteiger partial charge in [0.15, 0.2) is 11.5 Å². The Hall–Kier alpha value is -3.26. The van der Waals surface area contributed by atoms with Crippen molar-refractivity contribution in [3.05, 3.63) is 47.5 Å². The van der Waals surface area contributed by atoms with Crippen LogP contribution < -0.4 is 25.0 Å². The number of methoxy groups -OCH3 is 2. The first-order valence-electron chi connectivity index (χ1n) is 12.4. The number of aryl methyl sites for hydroxylation is 1. The molecule has 2 aliphatic heterocycles. The van der Waals surface area contributed by atoms with Gasteiger partial charge in [-0.05, 0) is 68.1 Å². The molecule has 2 N–H and O–H groups in total. The van der Waals surface area contributed by atoms with Gasteiger partial charge in [0.1, 0.15) is 0 Å². The number of fused-ring (bicyclic) bond motifs is 1. The van der Waals surface area contributed by atoms with Crippen LogP contribution in [0.25, 0.3) is 0 Å². The molecule has 4 rings (SSSR count). The van der Waals surface area contributed by atoms with E-state index in [4.69, 9.17) is 9.47 Å². The Morgan fingerprint density at radius 2 is 1.69 bits per heavy atom. The van der Waals surface area contributed by atoms with Gasteiger partial charge in [0.05, 0.1) is 20.3 Å². The van der Waals surface area contributed by atoms with Crippen molar-refractivity contribution in [2.75, 3.05) is 57.7 Å². The van der Waals surface area contributed by atoms with E-state index >= 15 is 0 Å². The van der Waals surface area contributed by atoms with Gasteiger partial charge in [0.2, 0.25) is 0 Å². The highest BCUT2D eigenvalue weighted by atomic mass is 16.5. The molecule has 1 fully saturated rings. The van der Waals surface area contributed by atoms with Gasteiger partial charge in [0.25, 0.3) is 0 Å². The standard InChI is InChI=1S/C27H36N4O4/c1-30-13-7-8-19-16-20(9-11-22(19)30)23(31-14-5-4-6-15-31)18-28-26(32)27(33)29-21-10-12-24(34-2)25(17-21)35-3/h9-12,16-17,23H,4-8,13-15,18H2,1-3H3,(H,28,32)(H,29,33)/t23-/m0/s1. The predicted octanol–water partition coefficient (Wildman–Crippen LogP) is 3.37. The Balaban J connectivity index is 1.45. The van der Waals surface area contributed by atoms with Crippen LogP contribution in [0.2, 0.25) is 0 Å². The molecule has 0 spiro atoms. The number of carbonyl (C=O) groups is 2. The lowest BCUT2D eigenvalue weighted by atomic mass is 9.95. The molecule has 2 heterocycles. The van der Waals surface area contributed by atoms with Crippen molar-refractivity contribution in [3.63, 3.8) is 0 Å². The fraction of sp³-hybridized carbons (Fsp3) is 0.481. The Morgan fingerprint density at radius 3 is 2.43 bits per heavy atom. The van der Waals surface area contributed by atoms with E-state index < -0.39 is 11.8 Å². The van der Waals surface area contributed by atoms with E-state index in [-0.39, 0.29) is 6.04 Å². The number of ether oxygens (including phenoxy) is 2. The normalized spacial score (nSPS) is 16.7. The molecule has 1 atom stereocenters. The highest BCUT2D eigenvalue weighted by Gasteiger charge is 2.26. The average molecular weight is 481 g/mol. The molecule has 0 bridgehead atoms. The zero-order valence-corrected chi connectivity index (χ0v) is 20.9. The first kappa shape index (κ1) is 24.9. The first-order valence-corrected chi connectivity index (χ1v) is 12.4. The van der Waals surface area contributed by atoms with Crippen molar-refractivity contribution in [2.24, 2.45) is 0 Å². The number of nitrogens with one attached hydrogen (secondary N) is 2. The molecule has 1 saturated heterocycles. The minimum atomic E-state index is -0.707. The van der Waals surface area contributed by atoms with Gasteiger partial charge in [-0.1, -0.05) is 18.6 Å². The number of carbonyl (C=O) groups excluding carboxylic acids is 2. The Kier molecular flexibility index (Phi) is 8.13. The summed E-state index contributed by atoms with van der Waals surface area (Å²) in [4.78, 5) is 30.1. The molecule has 0 aliphatic carbocycles. The highest BCUT2D eigenvalue weighted by molar-refractivity contribution is 6.39. The number of rotatable bonds is 7. The maximum absolute atomic E-state index is 12.7. The van der Waals surface area contributed by atoms with Crippen molar-refractivity contribution >= 4 is 23.2 Å². The van der Waals surface area contributed by atoms with Gasteiger partial charge in [-0.2, -0.15) is 0 Å². The van der Waals surface area contributed by atoms with Crippen LogP contribution in [-0.2, 0) is 16.0 Å².